The fraction of sp³-hybridized carbons (Fsp3) is 0.647. The SMILES string of the molecule is CCN1CCN(C(C)(CN)Cc2ccc(Br)cc2)CC1C. The molecule has 1 aromatic carbocycles. The van der Waals surface area contributed by atoms with Gasteiger partial charge in [-0.25, -0.2) is 0 Å². The third kappa shape index (κ3) is 4.07. The quantitative estimate of drug-likeness (QED) is 0.883. The molecule has 2 atom stereocenters. The van der Waals surface area contributed by atoms with Crippen LogP contribution in [-0.2, 0) is 6.42 Å². The molecule has 1 heterocycles. The molecule has 2 rings (SSSR count). The maximum absolute atomic E-state index is 6.16. The lowest BCUT2D eigenvalue weighted by Gasteiger charge is -2.48. The van der Waals surface area contributed by atoms with E-state index in [4.69, 9.17) is 5.73 Å². The van der Waals surface area contributed by atoms with Gasteiger partial charge in [-0.15, -0.1) is 0 Å². The number of benzene rings is 1. The monoisotopic (exact) mass is 353 g/mol. The van der Waals surface area contributed by atoms with Gasteiger partial charge in [-0.1, -0.05) is 35.0 Å². The second kappa shape index (κ2) is 7.23. The highest BCUT2D eigenvalue weighted by Gasteiger charge is 2.35. The molecule has 1 aliphatic heterocycles. The van der Waals surface area contributed by atoms with E-state index in [0.29, 0.717) is 12.6 Å². The van der Waals surface area contributed by atoms with Gasteiger partial charge in [0, 0.05) is 42.2 Å². The van der Waals surface area contributed by atoms with E-state index in [1.54, 1.807) is 0 Å². The maximum Gasteiger partial charge on any atom is 0.0345 e. The minimum absolute atomic E-state index is 0.0436. The largest absolute Gasteiger partial charge is 0.329 e. The standard InChI is InChI=1S/C17H28BrN3/c1-4-20-9-10-21(12-14(20)2)17(3,13-19)11-15-5-7-16(18)8-6-15/h5-8,14H,4,9-13,19H2,1-3H3. The van der Waals surface area contributed by atoms with Crippen molar-refractivity contribution in [3.63, 3.8) is 0 Å². The fourth-order valence-corrected chi connectivity index (χ4v) is 3.57. The molecule has 118 valence electrons. The summed E-state index contributed by atoms with van der Waals surface area (Å²) < 4.78 is 1.13. The van der Waals surface area contributed by atoms with Gasteiger partial charge < -0.3 is 5.73 Å². The summed E-state index contributed by atoms with van der Waals surface area (Å²) in [7, 11) is 0. The summed E-state index contributed by atoms with van der Waals surface area (Å²) in [5.74, 6) is 0. The Morgan fingerprint density at radius 3 is 2.48 bits per heavy atom. The second-order valence-electron chi connectivity index (χ2n) is 6.43. The number of hydrogen-bond donors (Lipinski definition) is 1. The molecular weight excluding hydrogens is 326 g/mol. The van der Waals surface area contributed by atoms with Crippen molar-refractivity contribution in [3.8, 4) is 0 Å². The Morgan fingerprint density at radius 1 is 1.29 bits per heavy atom. The summed E-state index contributed by atoms with van der Waals surface area (Å²) in [6, 6.07) is 9.24. The molecule has 1 fully saturated rings. The number of rotatable bonds is 5. The van der Waals surface area contributed by atoms with Gasteiger partial charge >= 0.3 is 0 Å². The summed E-state index contributed by atoms with van der Waals surface area (Å²) in [5, 5.41) is 0. The molecule has 0 amide bonds. The van der Waals surface area contributed by atoms with Gasteiger partial charge in [-0.2, -0.15) is 0 Å². The molecular formula is C17H28BrN3. The highest BCUT2D eigenvalue weighted by molar-refractivity contribution is 9.10. The van der Waals surface area contributed by atoms with Crippen LogP contribution in [-0.4, -0.2) is 54.1 Å². The molecule has 0 radical (unpaired) electrons. The van der Waals surface area contributed by atoms with Crippen molar-refractivity contribution in [2.45, 2.75) is 38.8 Å². The predicted octanol–water partition coefficient (Wildman–Crippen LogP) is 2.74. The molecule has 0 aromatic heterocycles. The van der Waals surface area contributed by atoms with E-state index in [1.165, 1.54) is 5.56 Å². The van der Waals surface area contributed by atoms with Crippen molar-refractivity contribution in [3.05, 3.63) is 34.3 Å². The molecule has 0 aliphatic carbocycles. The first-order valence-electron chi connectivity index (χ1n) is 7.92. The summed E-state index contributed by atoms with van der Waals surface area (Å²) >= 11 is 3.50. The van der Waals surface area contributed by atoms with Crippen LogP contribution in [0.2, 0.25) is 0 Å². The number of nitrogens with zero attached hydrogens (tertiary/aromatic N) is 2. The Morgan fingerprint density at radius 2 is 1.95 bits per heavy atom. The van der Waals surface area contributed by atoms with E-state index in [0.717, 1.165) is 37.1 Å². The molecule has 0 spiro atoms. The molecule has 0 saturated carbocycles. The highest BCUT2D eigenvalue weighted by atomic mass is 79.9. The molecule has 4 heteroatoms. The van der Waals surface area contributed by atoms with E-state index in [2.05, 4.69) is 70.8 Å². The molecule has 21 heavy (non-hydrogen) atoms. The number of piperazine rings is 1. The van der Waals surface area contributed by atoms with Crippen molar-refractivity contribution in [1.82, 2.24) is 9.80 Å². The van der Waals surface area contributed by atoms with Gasteiger partial charge in [0.1, 0.15) is 0 Å². The van der Waals surface area contributed by atoms with Crippen molar-refractivity contribution in [2.75, 3.05) is 32.7 Å². The Labute approximate surface area is 137 Å². The summed E-state index contributed by atoms with van der Waals surface area (Å²) in [5.41, 5.74) is 7.57. The smallest absolute Gasteiger partial charge is 0.0345 e. The average Bonchev–Trinajstić information content (AvgIpc) is 2.49. The lowest BCUT2D eigenvalue weighted by molar-refractivity contribution is 0.0185. The number of likely N-dealkylation sites (N-methyl/N-ethyl adjacent to an activating group) is 1. The van der Waals surface area contributed by atoms with Gasteiger partial charge in [0.15, 0.2) is 0 Å². The Hall–Kier alpha value is -0.420. The summed E-state index contributed by atoms with van der Waals surface area (Å²) in [4.78, 5) is 5.14. The van der Waals surface area contributed by atoms with Crippen LogP contribution >= 0.6 is 15.9 Å². The number of hydrogen-bond acceptors (Lipinski definition) is 3. The number of nitrogens with two attached hydrogens (primary N) is 1. The summed E-state index contributed by atoms with van der Waals surface area (Å²) in [6.45, 7) is 12.1. The van der Waals surface area contributed by atoms with Crippen LogP contribution in [0, 0.1) is 0 Å². The minimum Gasteiger partial charge on any atom is -0.329 e. The predicted molar refractivity (Wildman–Crippen MR) is 93.6 cm³/mol. The third-order valence-electron chi connectivity index (χ3n) is 4.87. The van der Waals surface area contributed by atoms with Crippen molar-refractivity contribution in [1.29, 1.82) is 0 Å². The third-order valence-corrected chi connectivity index (χ3v) is 5.40. The topological polar surface area (TPSA) is 32.5 Å². The van der Waals surface area contributed by atoms with Gasteiger partial charge in [0.25, 0.3) is 0 Å². The van der Waals surface area contributed by atoms with Crippen LogP contribution in [0.5, 0.6) is 0 Å². The second-order valence-corrected chi connectivity index (χ2v) is 7.34. The van der Waals surface area contributed by atoms with Crippen LogP contribution in [0.3, 0.4) is 0 Å². The molecule has 0 bridgehead atoms. The van der Waals surface area contributed by atoms with Gasteiger partial charge in [0.2, 0.25) is 0 Å². The van der Waals surface area contributed by atoms with Crippen molar-refractivity contribution in [2.24, 2.45) is 5.73 Å². The van der Waals surface area contributed by atoms with E-state index in [1.807, 2.05) is 0 Å². The van der Waals surface area contributed by atoms with Crippen LogP contribution in [0.4, 0.5) is 0 Å². The van der Waals surface area contributed by atoms with Gasteiger partial charge in [-0.05, 0) is 44.5 Å². The maximum atomic E-state index is 6.16. The van der Waals surface area contributed by atoms with Crippen molar-refractivity contribution < 1.29 is 0 Å². The van der Waals surface area contributed by atoms with Crippen LogP contribution in [0.1, 0.15) is 26.3 Å². The fourth-order valence-electron chi connectivity index (χ4n) is 3.31. The first-order valence-corrected chi connectivity index (χ1v) is 8.71. The molecule has 1 aliphatic rings. The molecule has 1 saturated heterocycles. The van der Waals surface area contributed by atoms with Crippen LogP contribution < -0.4 is 5.73 Å². The van der Waals surface area contributed by atoms with Gasteiger partial charge in [-0.3, -0.25) is 9.80 Å². The van der Waals surface area contributed by atoms with Gasteiger partial charge in [0.05, 0.1) is 0 Å². The first-order chi connectivity index (χ1) is 9.98. The van der Waals surface area contributed by atoms with Crippen LogP contribution in [0.25, 0.3) is 0 Å². The zero-order chi connectivity index (χ0) is 15.5. The lowest BCUT2D eigenvalue weighted by atomic mass is 9.89. The lowest BCUT2D eigenvalue weighted by Crippen LogP contribution is -2.62. The normalized spacial score (nSPS) is 24.0. The van der Waals surface area contributed by atoms with E-state index in [-0.39, 0.29) is 5.54 Å². The van der Waals surface area contributed by atoms with Crippen molar-refractivity contribution >= 4 is 15.9 Å². The summed E-state index contributed by atoms with van der Waals surface area (Å²) in [6.07, 6.45) is 1.01. The number of halogens is 1. The van der Waals surface area contributed by atoms with E-state index < -0.39 is 0 Å². The zero-order valence-corrected chi connectivity index (χ0v) is 15.1. The Bertz CT molecular complexity index is 448. The molecule has 1 aromatic rings. The van der Waals surface area contributed by atoms with E-state index >= 15 is 0 Å². The highest BCUT2D eigenvalue weighted by Crippen LogP contribution is 2.24. The van der Waals surface area contributed by atoms with E-state index in [9.17, 15) is 0 Å². The molecule has 2 N–H and O–H groups in total. The Kier molecular flexibility index (Phi) is 5.83. The van der Waals surface area contributed by atoms with Crippen LogP contribution in [0.15, 0.2) is 28.7 Å². The first kappa shape index (κ1) is 16.9. The zero-order valence-electron chi connectivity index (χ0n) is 13.5. The molecule has 3 nitrogen and oxygen atoms in total. The average molecular weight is 354 g/mol. The minimum atomic E-state index is 0.0436. The molecule has 2 unspecified atom stereocenters. The Balaban J connectivity index is 2.08.